The molecule has 4 nitrogen and oxygen atoms in total. The lowest BCUT2D eigenvalue weighted by molar-refractivity contribution is 0.254. The Kier molecular flexibility index (Phi) is 5.31. The molecule has 0 bridgehead atoms. The van der Waals surface area contributed by atoms with E-state index in [0.717, 1.165) is 16.9 Å². The van der Waals surface area contributed by atoms with Crippen molar-refractivity contribution in [1.29, 1.82) is 0 Å². The highest BCUT2D eigenvalue weighted by Gasteiger charge is 2.01. The van der Waals surface area contributed by atoms with Gasteiger partial charge in [-0.1, -0.05) is 29.3 Å². The SMILES string of the molecule is CNC(=O)Nc1ccc(NCc2ccc(Cl)c(Cl)c2)cc1. The molecule has 2 aromatic rings. The molecule has 21 heavy (non-hydrogen) atoms. The van der Waals surface area contributed by atoms with Gasteiger partial charge in [0.05, 0.1) is 10.0 Å². The van der Waals surface area contributed by atoms with Crippen LogP contribution in [0.25, 0.3) is 0 Å². The maximum Gasteiger partial charge on any atom is 0.318 e. The molecule has 2 amide bonds. The number of hydrogen-bond acceptors (Lipinski definition) is 2. The fourth-order valence-electron chi connectivity index (χ4n) is 1.72. The average Bonchev–Trinajstić information content (AvgIpc) is 2.50. The molecule has 0 radical (unpaired) electrons. The van der Waals surface area contributed by atoms with Crippen LogP contribution in [0.5, 0.6) is 0 Å². The second-order valence-electron chi connectivity index (χ2n) is 4.38. The number of urea groups is 1. The molecule has 110 valence electrons. The fraction of sp³-hybridized carbons (Fsp3) is 0.133. The van der Waals surface area contributed by atoms with Gasteiger partial charge in [0, 0.05) is 25.0 Å². The summed E-state index contributed by atoms with van der Waals surface area (Å²) < 4.78 is 0. The van der Waals surface area contributed by atoms with E-state index in [1.807, 2.05) is 36.4 Å². The van der Waals surface area contributed by atoms with Crippen molar-refractivity contribution in [1.82, 2.24) is 5.32 Å². The van der Waals surface area contributed by atoms with E-state index in [-0.39, 0.29) is 6.03 Å². The molecule has 6 heteroatoms. The Balaban J connectivity index is 1.94. The number of nitrogens with one attached hydrogen (secondary N) is 3. The van der Waals surface area contributed by atoms with Gasteiger partial charge < -0.3 is 16.0 Å². The standard InChI is InChI=1S/C15H15Cl2N3O/c1-18-15(21)20-12-5-3-11(4-6-12)19-9-10-2-7-13(16)14(17)8-10/h2-8,19H,9H2,1H3,(H2,18,20,21). The van der Waals surface area contributed by atoms with Crippen LogP contribution in [-0.4, -0.2) is 13.1 Å². The number of amides is 2. The van der Waals surface area contributed by atoms with Gasteiger partial charge >= 0.3 is 6.03 Å². The monoisotopic (exact) mass is 323 g/mol. The molecule has 2 rings (SSSR count). The first-order valence-corrected chi connectivity index (χ1v) is 7.10. The van der Waals surface area contributed by atoms with Gasteiger partial charge in [0.2, 0.25) is 0 Å². The first kappa shape index (κ1) is 15.5. The molecule has 0 aromatic heterocycles. The highest BCUT2D eigenvalue weighted by Crippen LogP contribution is 2.23. The van der Waals surface area contributed by atoms with Crippen LogP contribution in [0.3, 0.4) is 0 Å². The zero-order valence-corrected chi connectivity index (χ0v) is 12.9. The van der Waals surface area contributed by atoms with Crippen LogP contribution in [0.2, 0.25) is 10.0 Å². The Labute approximate surface area is 133 Å². The second kappa shape index (κ2) is 7.20. The molecule has 0 atom stereocenters. The number of carbonyl (C=O) groups is 1. The van der Waals surface area contributed by atoms with E-state index in [4.69, 9.17) is 23.2 Å². The van der Waals surface area contributed by atoms with Gasteiger partial charge in [-0.25, -0.2) is 4.79 Å². The van der Waals surface area contributed by atoms with Crippen molar-refractivity contribution < 1.29 is 4.79 Å². The fourth-order valence-corrected chi connectivity index (χ4v) is 2.04. The molecule has 0 unspecified atom stereocenters. The minimum absolute atomic E-state index is 0.244. The molecular weight excluding hydrogens is 309 g/mol. The van der Waals surface area contributed by atoms with Crippen LogP contribution in [-0.2, 0) is 6.54 Å². The smallest absolute Gasteiger partial charge is 0.318 e. The van der Waals surface area contributed by atoms with Gasteiger partial charge in [-0.05, 0) is 42.0 Å². The average molecular weight is 324 g/mol. The van der Waals surface area contributed by atoms with Crippen molar-refractivity contribution in [2.45, 2.75) is 6.54 Å². The molecule has 3 N–H and O–H groups in total. The molecule has 0 saturated carbocycles. The number of anilines is 2. The quantitative estimate of drug-likeness (QED) is 0.783. The summed E-state index contributed by atoms with van der Waals surface area (Å²) in [5.41, 5.74) is 2.72. The highest BCUT2D eigenvalue weighted by molar-refractivity contribution is 6.42. The van der Waals surface area contributed by atoms with E-state index < -0.39 is 0 Å². The molecule has 0 fully saturated rings. The normalized spacial score (nSPS) is 10.0. The van der Waals surface area contributed by atoms with Gasteiger partial charge in [-0.15, -0.1) is 0 Å². The number of benzene rings is 2. The van der Waals surface area contributed by atoms with Crippen LogP contribution in [0.4, 0.5) is 16.2 Å². The first-order chi connectivity index (χ1) is 10.1. The van der Waals surface area contributed by atoms with Crippen molar-refractivity contribution in [3.8, 4) is 0 Å². The van der Waals surface area contributed by atoms with Gasteiger partial charge in [-0.3, -0.25) is 0 Å². The summed E-state index contributed by atoms with van der Waals surface area (Å²) in [5, 5.41) is 9.55. The zero-order valence-electron chi connectivity index (χ0n) is 11.4. The maximum absolute atomic E-state index is 11.2. The van der Waals surface area contributed by atoms with E-state index in [0.29, 0.717) is 16.6 Å². The third kappa shape index (κ3) is 4.55. The molecule has 0 aliphatic heterocycles. The summed E-state index contributed by atoms with van der Waals surface area (Å²) in [5.74, 6) is 0. The third-order valence-electron chi connectivity index (χ3n) is 2.85. The number of rotatable bonds is 4. The van der Waals surface area contributed by atoms with E-state index in [9.17, 15) is 4.79 Å². The summed E-state index contributed by atoms with van der Waals surface area (Å²) in [6.45, 7) is 0.638. The van der Waals surface area contributed by atoms with E-state index in [1.165, 1.54) is 0 Å². The highest BCUT2D eigenvalue weighted by atomic mass is 35.5. The van der Waals surface area contributed by atoms with Gasteiger partial charge in [0.25, 0.3) is 0 Å². The summed E-state index contributed by atoms with van der Waals surface area (Å²) >= 11 is 11.8. The van der Waals surface area contributed by atoms with Crippen molar-refractivity contribution in [2.75, 3.05) is 17.7 Å². The lowest BCUT2D eigenvalue weighted by atomic mass is 10.2. The van der Waals surface area contributed by atoms with Crippen LogP contribution in [0.1, 0.15) is 5.56 Å². The summed E-state index contributed by atoms with van der Waals surface area (Å²) in [4.78, 5) is 11.2. The van der Waals surface area contributed by atoms with Gasteiger partial charge in [-0.2, -0.15) is 0 Å². The molecule has 2 aromatic carbocycles. The van der Waals surface area contributed by atoms with Crippen LogP contribution >= 0.6 is 23.2 Å². The number of halogens is 2. The minimum atomic E-state index is -0.244. The van der Waals surface area contributed by atoms with Crippen molar-refractivity contribution in [2.24, 2.45) is 0 Å². The van der Waals surface area contributed by atoms with Crippen molar-refractivity contribution in [3.05, 3.63) is 58.1 Å². The second-order valence-corrected chi connectivity index (χ2v) is 5.20. The molecular formula is C15H15Cl2N3O. The minimum Gasteiger partial charge on any atom is -0.381 e. The Bertz CT molecular complexity index is 629. The Morgan fingerprint density at radius 1 is 1.00 bits per heavy atom. The Morgan fingerprint density at radius 3 is 2.29 bits per heavy atom. The largest absolute Gasteiger partial charge is 0.381 e. The lowest BCUT2D eigenvalue weighted by Crippen LogP contribution is -2.24. The predicted octanol–water partition coefficient (Wildman–Crippen LogP) is 4.36. The molecule has 0 aliphatic carbocycles. The molecule has 0 saturated heterocycles. The number of carbonyl (C=O) groups excluding carboxylic acids is 1. The van der Waals surface area contributed by atoms with Crippen LogP contribution in [0, 0.1) is 0 Å². The molecule has 0 spiro atoms. The van der Waals surface area contributed by atoms with E-state index >= 15 is 0 Å². The summed E-state index contributed by atoms with van der Waals surface area (Å²) in [7, 11) is 1.57. The zero-order chi connectivity index (χ0) is 15.2. The maximum atomic E-state index is 11.2. The topological polar surface area (TPSA) is 53.2 Å². The Morgan fingerprint density at radius 2 is 1.67 bits per heavy atom. The van der Waals surface area contributed by atoms with E-state index in [2.05, 4.69) is 16.0 Å². The van der Waals surface area contributed by atoms with Crippen molar-refractivity contribution >= 4 is 40.6 Å². The summed E-state index contributed by atoms with van der Waals surface area (Å²) in [6.07, 6.45) is 0. The summed E-state index contributed by atoms with van der Waals surface area (Å²) in [6, 6.07) is 12.7. The van der Waals surface area contributed by atoms with Gasteiger partial charge in [0.15, 0.2) is 0 Å². The van der Waals surface area contributed by atoms with Crippen LogP contribution in [0.15, 0.2) is 42.5 Å². The number of hydrogen-bond donors (Lipinski definition) is 3. The van der Waals surface area contributed by atoms with Gasteiger partial charge in [0.1, 0.15) is 0 Å². The van der Waals surface area contributed by atoms with Crippen molar-refractivity contribution in [3.63, 3.8) is 0 Å². The Hall–Kier alpha value is -1.91. The lowest BCUT2D eigenvalue weighted by Gasteiger charge is -2.09. The molecule has 0 heterocycles. The first-order valence-electron chi connectivity index (χ1n) is 6.35. The predicted molar refractivity (Wildman–Crippen MR) is 88.3 cm³/mol. The van der Waals surface area contributed by atoms with Crippen LogP contribution < -0.4 is 16.0 Å². The third-order valence-corrected chi connectivity index (χ3v) is 3.59. The van der Waals surface area contributed by atoms with E-state index in [1.54, 1.807) is 13.1 Å². The molecule has 0 aliphatic rings.